The van der Waals surface area contributed by atoms with Gasteiger partial charge in [-0.2, -0.15) is 0 Å². The van der Waals surface area contributed by atoms with Crippen molar-refractivity contribution in [2.24, 2.45) is 23.7 Å². The second-order valence-electron chi connectivity index (χ2n) is 19.3. The third-order valence-corrected chi connectivity index (χ3v) is 13.7. The number of methoxy groups -OCH3 is 2. The summed E-state index contributed by atoms with van der Waals surface area (Å²) in [6.07, 6.45) is -8.72. The van der Waals surface area contributed by atoms with Crippen molar-refractivity contribution in [1.29, 1.82) is 0 Å². The predicted molar refractivity (Wildman–Crippen MR) is 240 cm³/mol. The Morgan fingerprint density at radius 1 is 0.896 bits per heavy atom. The first-order valence-electron chi connectivity index (χ1n) is 23.6. The van der Waals surface area contributed by atoms with Gasteiger partial charge in [0, 0.05) is 51.7 Å². The van der Waals surface area contributed by atoms with Crippen molar-refractivity contribution in [2.75, 3.05) is 34.9 Å². The Kier molecular flexibility index (Phi) is 21.5. The van der Waals surface area contributed by atoms with Gasteiger partial charge in [-0.3, -0.25) is 14.4 Å². The summed E-state index contributed by atoms with van der Waals surface area (Å²) in [5.41, 5.74) is -0.838. The van der Waals surface area contributed by atoms with E-state index in [9.17, 15) is 39.6 Å². The predicted octanol–water partition coefficient (Wildman–Crippen LogP) is 2.40. The highest BCUT2D eigenvalue weighted by Gasteiger charge is 2.52. The topological polar surface area (TPSA) is 245 Å². The first-order valence-corrected chi connectivity index (χ1v) is 23.6. The molecule has 4 rings (SSSR count). The highest BCUT2D eigenvalue weighted by molar-refractivity contribution is 5.91. The molecule has 0 aromatic heterocycles. The van der Waals surface area contributed by atoms with Crippen LogP contribution in [-0.2, 0) is 66.5 Å². The van der Waals surface area contributed by atoms with Crippen LogP contribution in [0.4, 0.5) is 0 Å². The lowest BCUT2D eigenvalue weighted by molar-refractivity contribution is -0.342. The van der Waals surface area contributed by atoms with Crippen molar-refractivity contribution in [3.8, 4) is 0 Å². The number of rotatable bonds is 14. The standard InChI is InChI=1S/C48H79NO18/c1-14-34-32(23-60-47-44(59-13)43(58-12)39(54)27(5)62-47)19-24(2)15-16-33(52)25(3)20-31(17-18-50)41(26(4)35(64-30(8)51)21-36(53)65-34)67-46-40(55)38(49(10)11)42(28(6)63-46)66-37-22-48(9,57)45(56)29(7)61-37/h15-16,18-19,25-29,31-32,34-35,37-47,54-57H,14,17,20-23H2,1-13H3/b16-15+,24-19+. The third kappa shape index (κ3) is 14.6. The fourth-order valence-corrected chi connectivity index (χ4v) is 9.86. The number of ketones is 1. The molecule has 384 valence electrons. The zero-order valence-corrected chi connectivity index (χ0v) is 41.6. The van der Waals surface area contributed by atoms with E-state index in [4.69, 9.17) is 47.4 Å². The Morgan fingerprint density at radius 2 is 1.55 bits per heavy atom. The summed E-state index contributed by atoms with van der Waals surface area (Å²) in [6.45, 7) is 14.8. The molecule has 4 aliphatic rings. The van der Waals surface area contributed by atoms with Gasteiger partial charge >= 0.3 is 11.9 Å². The van der Waals surface area contributed by atoms with Crippen LogP contribution in [0.15, 0.2) is 23.8 Å². The molecule has 21 unspecified atom stereocenters. The Morgan fingerprint density at radius 3 is 2.13 bits per heavy atom. The van der Waals surface area contributed by atoms with E-state index in [2.05, 4.69) is 0 Å². The van der Waals surface area contributed by atoms with Crippen molar-refractivity contribution < 1.29 is 87.0 Å². The van der Waals surface area contributed by atoms with Crippen LogP contribution >= 0.6 is 0 Å². The van der Waals surface area contributed by atoms with E-state index >= 15 is 0 Å². The molecule has 0 saturated carbocycles. The zero-order chi connectivity index (χ0) is 50.1. The van der Waals surface area contributed by atoms with Crippen LogP contribution in [0.2, 0.25) is 0 Å². The van der Waals surface area contributed by atoms with E-state index in [1.807, 2.05) is 13.0 Å². The Labute approximate surface area is 395 Å². The number of allylic oxidation sites excluding steroid dienone is 3. The van der Waals surface area contributed by atoms with Crippen LogP contribution in [0.25, 0.3) is 0 Å². The molecule has 0 aliphatic carbocycles. The number of nitrogens with zero attached hydrogens (tertiary/aromatic N) is 1. The molecule has 4 aliphatic heterocycles. The van der Waals surface area contributed by atoms with Crippen LogP contribution in [-0.4, -0.2) is 188 Å². The minimum atomic E-state index is -1.51. The van der Waals surface area contributed by atoms with Crippen molar-refractivity contribution in [1.82, 2.24) is 4.90 Å². The minimum absolute atomic E-state index is 0.0309. The van der Waals surface area contributed by atoms with Crippen molar-refractivity contribution >= 4 is 24.0 Å². The fourth-order valence-electron chi connectivity index (χ4n) is 9.86. The van der Waals surface area contributed by atoms with Gasteiger partial charge in [0.25, 0.3) is 0 Å². The number of hydrogen-bond donors (Lipinski definition) is 4. The molecule has 0 amide bonds. The summed E-state index contributed by atoms with van der Waals surface area (Å²) >= 11 is 0. The number of aliphatic hydroxyl groups is 4. The van der Waals surface area contributed by atoms with E-state index in [0.717, 1.165) is 0 Å². The monoisotopic (exact) mass is 958 g/mol. The van der Waals surface area contributed by atoms with Gasteiger partial charge in [-0.25, -0.2) is 0 Å². The quantitative estimate of drug-likeness (QED) is 0.144. The molecule has 4 N–H and O–H groups in total. The van der Waals surface area contributed by atoms with Crippen LogP contribution in [0.3, 0.4) is 0 Å². The average Bonchev–Trinajstić information content (AvgIpc) is 3.25. The molecule has 4 heterocycles. The molecule has 67 heavy (non-hydrogen) atoms. The largest absolute Gasteiger partial charge is 0.462 e. The van der Waals surface area contributed by atoms with Crippen molar-refractivity contribution in [2.45, 2.75) is 198 Å². The van der Waals surface area contributed by atoms with Gasteiger partial charge in [-0.05, 0) is 73.5 Å². The highest BCUT2D eigenvalue weighted by atomic mass is 16.7. The van der Waals surface area contributed by atoms with Crippen LogP contribution in [0.5, 0.6) is 0 Å². The number of aliphatic hydroxyl groups excluding tert-OH is 3. The zero-order valence-electron chi connectivity index (χ0n) is 41.6. The number of carbonyl (C=O) groups is 4. The van der Waals surface area contributed by atoms with E-state index in [-0.39, 0.29) is 31.7 Å². The molecule has 21 atom stereocenters. The summed E-state index contributed by atoms with van der Waals surface area (Å²) in [6, 6.07) is -0.777. The van der Waals surface area contributed by atoms with E-state index < -0.39 is 146 Å². The Balaban J connectivity index is 1.69. The van der Waals surface area contributed by atoms with Gasteiger partial charge < -0.3 is 77.5 Å². The SMILES string of the molecule is CCC1OC(=O)CC(OC(C)=O)C(C)C(OC2OC(C)C(OC3CC(C)(O)C(O)C(C)O3)C(N(C)C)C2O)C(CC=O)CC(C)C(=O)/C=C/C(C)=C/C1COC1OC(C)C(O)C(OC)C1OC. The molecule has 0 bridgehead atoms. The van der Waals surface area contributed by atoms with Gasteiger partial charge in [0.05, 0.1) is 49.1 Å². The minimum Gasteiger partial charge on any atom is -0.462 e. The van der Waals surface area contributed by atoms with Crippen LogP contribution in [0.1, 0.15) is 94.4 Å². The molecule has 0 spiro atoms. The summed E-state index contributed by atoms with van der Waals surface area (Å²) in [5, 5.41) is 44.2. The number of ether oxygens (including phenoxy) is 10. The molecule has 0 aromatic carbocycles. The summed E-state index contributed by atoms with van der Waals surface area (Å²) in [4.78, 5) is 54.9. The number of hydrogen-bond acceptors (Lipinski definition) is 19. The number of carbonyl (C=O) groups excluding carboxylic acids is 4. The molecular formula is C48H79NO18. The van der Waals surface area contributed by atoms with E-state index in [1.54, 1.807) is 66.6 Å². The van der Waals surface area contributed by atoms with Crippen LogP contribution in [0, 0.1) is 23.7 Å². The second-order valence-corrected chi connectivity index (χ2v) is 19.3. The smallest absolute Gasteiger partial charge is 0.309 e. The van der Waals surface area contributed by atoms with E-state index in [0.29, 0.717) is 18.3 Å². The van der Waals surface area contributed by atoms with Crippen LogP contribution < -0.4 is 0 Å². The molecule has 19 heteroatoms. The molecule has 0 aromatic rings. The lowest BCUT2D eigenvalue weighted by atomic mass is 9.79. The number of likely N-dealkylation sites (N-methyl/N-ethyl adjacent to an activating group) is 1. The summed E-state index contributed by atoms with van der Waals surface area (Å²) in [5.74, 6) is -4.40. The Bertz CT molecular complexity index is 1670. The molecule has 19 nitrogen and oxygen atoms in total. The van der Waals surface area contributed by atoms with E-state index in [1.165, 1.54) is 34.1 Å². The molecule has 0 radical (unpaired) electrons. The van der Waals surface area contributed by atoms with Crippen molar-refractivity contribution in [3.05, 3.63) is 23.8 Å². The molecule has 3 saturated heterocycles. The van der Waals surface area contributed by atoms with Gasteiger partial charge in [-0.1, -0.05) is 38.5 Å². The number of cyclic esters (lactones) is 1. The Hall–Kier alpha value is -2.76. The highest BCUT2D eigenvalue weighted by Crippen LogP contribution is 2.38. The number of esters is 2. The maximum atomic E-state index is 14.1. The third-order valence-electron chi connectivity index (χ3n) is 13.7. The first-order chi connectivity index (χ1) is 31.5. The first kappa shape index (κ1) is 56.8. The second kappa shape index (κ2) is 25.4. The summed E-state index contributed by atoms with van der Waals surface area (Å²) < 4.78 is 60.9. The maximum absolute atomic E-state index is 14.1. The molecular weight excluding hydrogens is 879 g/mol. The van der Waals surface area contributed by atoms with Crippen molar-refractivity contribution in [3.63, 3.8) is 0 Å². The van der Waals surface area contributed by atoms with Gasteiger partial charge in [0.1, 0.15) is 55.1 Å². The lowest BCUT2D eigenvalue weighted by Crippen LogP contribution is -2.65. The van der Waals surface area contributed by atoms with Gasteiger partial charge in [-0.15, -0.1) is 0 Å². The average molecular weight is 958 g/mol. The van der Waals surface area contributed by atoms with Gasteiger partial charge in [0.2, 0.25) is 0 Å². The maximum Gasteiger partial charge on any atom is 0.309 e. The fraction of sp³-hybridized carbons (Fsp3) is 0.833. The number of aldehydes is 1. The normalized spacial score (nSPS) is 44.3. The lowest BCUT2D eigenvalue weighted by Gasteiger charge is -2.50. The van der Waals surface area contributed by atoms with Gasteiger partial charge in [0.15, 0.2) is 24.7 Å². The molecule has 3 fully saturated rings. The summed E-state index contributed by atoms with van der Waals surface area (Å²) in [7, 11) is 6.41.